The molecule has 8 nitrogen and oxygen atoms in total. The summed E-state index contributed by atoms with van der Waals surface area (Å²) in [6.45, 7) is 4.79. The van der Waals surface area contributed by atoms with Crippen LogP contribution in [0.15, 0.2) is 31.9 Å². The van der Waals surface area contributed by atoms with Gasteiger partial charge in [-0.2, -0.15) is 9.97 Å². The van der Waals surface area contributed by atoms with Crippen molar-refractivity contribution in [2.75, 3.05) is 6.54 Å². The van der Waals surface area contributed by atoms with Crippen LogP contribution in [0.2, 0.25) is 0 Å². The van der Waals surface area contributed by atoms with Crippen LogP contribution in [0.3, 0.4) is 0 Å². The third kappa shape index (κ3) is 2.73. The monoisotopic (exact) mass is 329 g/mol. The molecule has 2 atom stereocenters. The van der Waals surface area contributed by atoms with Crippen LogP contribution in [0, 0.1) is 6.92 Å². The second-order valence-corrected chi connectivity index (χ2v) is 6.03. The Morgan fingerprint density at radius 3 is 2.88 bits per heavy atom. The zero-order chi connectivity index (χ0) is 16.5. The molecule has 4 heterocycles. The number of aromatic nitrogens is 4. The molecular formula is C16H19N5O3. The Morgan fingerprint density at radius 1 is 1.21 bits per heavy atom. The normalized spacial score (nSPS) is 20.3. The number of hydrogen-bond acceptors (Lipinski definition) is 8. The van der Waals surface area contributed by atoms with E-state index in [1.165, 1.54) is 0 Å². The molecule has 0 aliphatic carbocycles. The number of likely N-dealkylation sites (tertiary alicyclic amines) is 1. The summed E-state index contributed by atoms with van der Waals surface area (Å²) < 4.78 is 15.9. The second-order valence-electron chi connectivity index (χ2n) is 6.03. The molecule has 3 aromatic rings. The minimum Gasteiger partial charge on any atom is -0.461 e. The fourth-order valence-electron chi connectivity index (χ4n) is 3.20. The summed E-state index contributed by atoms with van der Waals surface area (Å²) in [7, 11) is 0. The van der Waals surface area contributed by atoms with Crippen molar-refractivity contribution in [2.24, 2.45) is 0 Å². The van der Waals surface area contributed by atoms with Gasteiger partial charge in [-0.25, -0.2) is 0 Å². The number of piperidine rings is 1. The molecule has 0 radical (unpaired) electrons. The molecule has 1 aliphatic rings. The molecule has 0 N–H and O–H groups in total. The molecule has 3 aromatic heterocycles. The molecule has 0 saturated carbocycles. The molecule has 0 bridgehead atoms. The van der Waals surface area contributed by atoms with Crippen molar-refractivity contribution >= 4 is 0 Å². The van der Waals surface area contributed by atoms with Gasteiger partial charge in [0.25, 0.3) is 0 Å². The van der Waals surface area contributed by atoms with Crippen LogP contribution in [0.25, 0.3) is 11.6 Å². The third-order valence-electron chi connectivity index (χ3n) is 4.42. The van der Waals surface area contributed by atoms with E-state index in [9.17, 15) is 0 Å². The van der Waals surface area contributed by atoms with Crippen LogP contribution in [0.5, 0.6) is 0 Å². The quantitative estimate of drug-likeness (QED) is 0.719. The molecule has 1 fully saturated rings. The van der Waals surface area contributed by atoms with Gasteiger partial charge in [0, 0.05) is 6.92 Å². The third-order valence-corrected chi connectivity index (χ3v) is 4.42. The second kappa shape index (κ2) is 6.20. The summed E-state index contributed by atoms with van der Waals surface area (Å²) in [5.41, 5.74) is 0. The van der Waals surface area contributed by atoms with Crippen molar-refractivity contribution < 1.29 is 13.5 Å². The van der Waals surface area contributed by atoms with Gasteiger partial charge >= 0.3 is 0 Å². The number of hydrogen-bond donors (Lipinski definition) is 0. The average Bonchev–Trinajstić information content (AvgIpc) is 3.34. The van der Waals surface area contributed by atoms with Gasteiger partial charge in [-0.1, -0.05) is 16.7 Å². The zero-order valence-electron chi connectivity index (χ0n) is 13.7. The summed E-state index contributed by atoms with van der Waals surface area (Å²) >= 11 is 0. The van der Waals surface area contributed by atoms with Crippen molar-refractivity contribution in [3.05, 3.63) is 36.0 Å². The highest BCUT2D eigenvalue weighted by atomic mass is 16.5. The molecule has 24 heavy (non-hydrogen) atoms. The van der Waals surface area contributed by atoms with E-state index in [0.717, 1.165) is 31.6 Å². The minimum absolute atomic E-state index is 0.0367. The van der Waals surface area contributed by atoms with Gasteiger partial charge in [0.05, 0.1) is 18.3 Å². The van der Waals surface area contributed by atoms with Crippen molar-refractivity contribution in [2.45, 2.75) is 45.2 Å². The van der Waals surface area contributed by atoms with E-state index < -0.39 is 0 Å². The van der Waals surface area contributed by atoms with Crippen LogP contribution in [0.4, 0.5) is 0 Å². The molecule has 8 heteroatoms. The average molecular weight is 329 g/mol. The van der Waals surface area contributed by atoms with Crippen molar-refractivity contribution in [1.29, 1.82) is 0 Å². The van der Waals surface area contributed by atoms with E-state index in [0.29, 0.717) is 23.4 Å². The minimum atomic E-state index is -0.0367. The van der Waals surface area contributed by atoms with Gasteiger partial charge in [-0.05, 0) is 38.4 Å². The van der Waals surface area contributed by atoms with Crippen LogP contribution in [-0.2, 0) is 0 Å². The molecule has 0 spiro atoms. The smallest absolute Gasteiger partial charge is 0.244 e. The first kappa shape index (κ1) is 15.1. The molecule has 126 valence electrons. The Bertz CT molecular complexity index is 794. The summed E-state index contributed by atoms with van der Waals surface area (Å²) in [6, 6.07) is 3.68. The van der Waals surface area contributed by atoms with Gasteiger partial charge in [0.15, 0.2) is 11.6 Å². The van der Waals surface area contributed by atoms with Gasteiger partial charge in [-0.15, -0.1) is 0 Å². The van der Waals surface area contributed by atoms with Crippen LogP contribution in [-0.4, -0.2) is 31.7 Å². The fourth-order valence-corrected chi connectivity index (χ4v) is 3.20. The van der Waals surface area contributed by atoms with Crippen LogP contribution < -0.4 is 0 Å². The van der Waals surface area contributed by atoms with Crippen molar-refractivity contribution in [3.63, 3.8) is 0 Å². The lowest BCUT2D eigenvalue weighted by Crippen LogP contribution is -2.36. The first-order chi connectivity index (χ1) is 11.7. The Labute approximate surface area is 138 Å². The number of rotatable bonds is 4. The Hall–Kier alpha value is -2.48. The lowest BCUT2D eigenvalue weighted by molar-refractivity contribution is 0.0777. The van der Waals surface area contributed by atoms with Crippen LogP contribution in [0.1, 0.15) is 55.9 Å². The van der Waals surface area contributed by atoms with E-state index >= 15 is 0 Å². The Balaban J connectivity index is 1.58. The maximum Gasteiger partial charge on any atom is 0.244 e. The van der Waals surface area contributed by atoms with E-state index in [2.05, 4.69) is 32.1 Å². The summed E-state index contributed by atoms with van der Waals surface area (Å²) in [4.78, 5) is 11.2. The number of nitrogens with zero attached hydrogens (tertiary/aromatic N) is 5. The first-order valence-corrected chi connectivity index (χ1v) is 8.16. The highest BCUT2D eigenvalue weighted by molar-refractivity contribution is 5.44. The summed E-state index contributed by atoms with van der Waals surface area (Å²) in [5, 5.41) is 8.12. The number of aryl methyl sites for hydroxylation is 1. The lowest BCUT2D eigenvalue weighted by Gasteiger charge is -2.36. The standard InChI is InChI=1S/C16H19N5O3/c1-10(16-18-15(20-24-16)13-7-5-9-22-13)21-8-4-3-6-12(21)14-17-11(2)23-19-14/h5,7,9-10,12H,3-4,6,8H2,1-2H3/t10-,12-/m0/s1. The summed E-state index contributed by atoms with van der Waals surface area (Å²) in [6.07, 6.45) is 4.84. The molecule has 1 saturated heterocycles. The molecule has 4 rings (SSSR count). The zero-order valence-corrected chi connectivity index (χ0v) is 13.7. The lowest BCUT2D eigenvalue weighted by atomic mass is 9.99. The van der Waals surface area contributed by atoms with Gasteiger partial charge in [-0.3, -0.25) is 4.90 Å². The largest absolute Gasteiger partial charge is 0.461 e. The van der Waals surface area contributed by atoms with E-state index in [1.807, 2.05) is 6.07 Å². The van der Waals surface area contributed by atoms with Gasteiger partial charge < -0.3 is 13.5 Å². The van der Waals surface area contributed by atoms with E-state index in [1.54, 1.807) is 19.3 Å². The maximum atomic E-state index is 5.47. The number of furan rings is 1. The highest BCUT2D eigenvalue weighted by Crippen LogP contribution is 2.36. The summed E-state index contributed by atoms with van der Waals surface area (Å²) in [5.74, 6) is 2.94. The molecular weight excluding hydrogens is 310 g/mol. The van der Waals surface area contributed by atoms with Gasteiger partial charge in [0.1, 0.15) is 0 Å². The topological polar surface area (TPSA) is 94.2 Å². The van der Waals surface area contributed by atoms with Crippen molar-refractivity contribution in [3.8, 4) is 11.6 Å². The maximum absolute atomic E-state index is 5.47. The predicted octanol–water partition coefficient (Wildman–Crippen LogP) is 3.31. The fraction of sp³-hybridized carbons (Fsp3) is 0.500. The first-order valence-electron chi connectivity index (χ1n) is 8.16. The Morgan fingerprint density at radius 2 is 2.12 bits per heavy atom. The predicted molar refractivity (Wildman–Crippen MR) is 82.7 cm³/mol. The van der Waals surface area contributed by atoms with E-state index in [-0.39, 0.29) is 12.1 Å². The van der Waals surface area contributed by atoms with Crippen LogP contribution >= 0.6 is 0 Å². The van der Waals surface area contributed by atoms with E-state index in [4.69, 9.17) is 13.5 Å². The Kier molecular flexibility index (Phi) is 3.89. The molecule has 1 aliphatic heterocycles. The highest BCUT2D eigenvalue weighted by Gasteiger charge is 2.34. The molecule has 0 aromatic carbocycles. The van der Waals surface area contributed by atoms with Crippen molar-refractivity contribution in [1.82, 2.24) is 25.2 Å². The molecule has 0 unspecified atom stereocenters. The molecule has 0 amide bonds. The van der Waals surface area contributed by atoms with Gasteiger partial charge in [0.2, 0.25) is 17.6 Å². The SMILES string of the molecule is Cc1nc([C@@H]2CCCCN2[C@@H](C)c2nc(-c3ccco3)no2)no1.